The Morgan fingerprint density at radius 1 is 1.30 bits per heavy atom. The maximum absolute atomic E-state index is 13.8. The van der Waals surface area contributed by atoms with Crippen molar-refractivity contribution < 1.29 is 41.3 Å². The van der Waals surface area contributed by atoms with E-state index in [2.05, 4.69) is 9.47 Å². The molecule has 0 saturated carbocycles. The SMILES string of the molecule is CCOC(=O)C(F)(F)[C@@H](N)c1cccc(OC(F)(F)F)c1O.Cl. The molecule has 0 unspecified atom stereocenters. The quantitative estimate of drug-likeness (QED) is 0.619. The fourth-order valence-electron chi connectivity index (χ4n) is 1.55. The van der Waals surface area contributed by atoms with Crippen molar-refractivity contribution in [2.75, 3.05) is 6.61 Å². The molecule has 1 aromatic rings. The van der Waals surface area contributed by atoms with Gasteiger partial charge in [0.05, 0.1) is 6.61 Å². The van der Waals surface area contributed by atoms with Crippen LogP contribution in [0, 0.1) is 0 Å². The predicted octanol–water partition coefficient (Wildman–Crippen LogP) is 2.91. The van der Waals surface area contributed by atoms with Crippen LogP contribution in [0.15, 0.2) is 18.2 Å². The minimum Gasteiger partial charge on any atom is -0.504 e. The molecule has 1 aromatic carbocycles. The van der Waals surface area contributed by atoms with Gasteiger partial charge in [-0.1, -0.05) is 12.1 Å². The number of benzene rings is 1. The van der Waals surface area contributed by atoms with E-state index in [0.29, 0.717) is 6.07 Å². The van der Waals surface area contributed by atoms with Crippen molar-refractivity contribution in [3.63, 3.8) is 0 Å². The van der Waals surface area contributed by atoms with Gasteiger partial charge in [0.2, 0.25) is 0 Å². The molecule has 23 heavy (non-hydrogen) atoms. The summed E-state index contributed by atoms with van der Waals surface area (Å²) in [5.74, 6) is -8.55. The number of phenolic OH excluding ortho intramolecular Hbond substituents is 1. The van der Waals surface area contributed by atoms with E-state index in [0.717, 1.165) is 12.1 Å². The van der Waals surface area contributed by atoms with Crippen molar-refractivity contribution in [3.8, 4) is 11.5 Å². The van der Waals surface area contributed by atoms with Crippen LogP contribution in [-0.2, 0) is 9.53 Å². The molecule has 0 fully saturated rings. The number of rotatable bonds is 5. The Bertz CT molecular complexity index is 553. The lowest BCUT2D eigenvalue weighted by atomic mass is 10.00. The monoisotopic (exact) mass is 365 g/mol. The Balaban J connectivity index is 0.00000484. The summed E-state index contributed by atoms with van der Waals surface area (Å²) in [4.78, 5) is 11.2. The second-order valence-corrected chi connectivity index (χ2v) is 4.06. The summed E-state index contributed by atoms with van der Waals surface area (Å²) in [5, 5.41) is 9.61. The van der Waals surface area contributed by atoms with Crippen LogP contribution in [0.5, 0.6) is 11.5 Å². The number of esters is 1. The van der Waals surface area contributed by atoms with E-state index in [-0.39, 0.29) is 19.0 Å². The second-order valence-electron chi connectivity index (χ2n) is 4.06. The molecule has 0 heterocycles. The molecule has 132 valence electrons. The van der Waals surface area contributed by atoms with Gasteiger partial charge in [-0.05, 0) is 13.0 Å². The van der Waals surface area contributed by atoms with Crippen molar-refractivity contribution in [3.05, 3.63) is 23.8 Å². The molecule has 0 aromatic heterocycles. The zero-order valence-electron chi connectivity index (χ0n) is 11.6. The average molecular weight is 366 g/mol. The number of halogens is 6. The minimum absolute atomic E-state index is 0. The van der Waals surface area contributed by atoms with Crippen molar-refractivity contribution >= 4 is 18.4 Å². The zero-order valence-corrected chi connectivity index (χ0v) is 12.4. The Hall–Kier alpha value is -1.81. The number of hydrogen-bond acceptors (Lipinski definition) is 5. The molecule has 1 atom stereocenters. The fourth-order valence-corrected chi connectivity index (χ4v) is 1.55. The summed E-state index contributed by atoms with van der Waals surface area (Å²) in [6.45, 7) is 0.944. The highest BCUT2D eigenvalue weighted by Gasteiger charge is 2.49. The van der Waals surface area contributed by atoms with E-state index in [1.54, 1.807) is 0 Å². The summed E-state index contributed by atoms with van der Waals surface area (Å²) < 4.78 is 71.5. The number of ether oxygens (including phenoxy) is 2. The van der Waals surface area contributed by atoms with Gasteiger partial charge in [-0.15, -0.1) is 25.6 Å². The van der Waals surface area contributed by atoms with Crippen LogP contribution in [0.3, 0.4) is 0 Å². The molecule has 0 amide bonds. The third kappa shape index (κ3) is 5.10. The Kier molecular flexibility index (Phi) is 7.04. The maximum Gasteiger partial charge on any atom is 0.573 e. The van der Waals surface area contributed by atoms with Gasteiger partial charge in [-0.25, -0.2) is 4.79 Å². The fraction of sp³-hybridized carbons (Fsp3) is 0.417. The Morgan fingerprint density at radius 2 is 1.87 bits per heavy atom. The average Bonchev–Trinajstić information content (AvgIpc) is 2.39. The number of hydrogen-bond donors (Lipinski definition) is 2. The molecule has 11 heteroatoms. The lowest BCUT2D eigenvalue weighted by Gasteiger charge is -2.23. The van der Waals surface area contributed by atoms with Crippen LogP contribution in [-0.4, -0.2) is 30.0 Å². The predicted molar refractivity (Wildman–Crippen MR) is 70.5 cm³/mol. The number of carbonyl (C=O) groups is 1. The van der Waals surface area contributed by atoms with E-state index < -0.39 is 41.4 Å². The van der Waals surface area contributed by atoms with Crippen LogP contribution in [0.1, 0.15) is 18.5 Å². The van der Waals surface area contributed by atoms with E-state index in [4.69, 9.17) is 5.73 Å². The van der Waals surface area contributed by atoms with Gasteiger partial charge in [0, 0.05) is 5.56 Å². The number of aromatic hydroxyl groups is 1. The first-order valence-electron chi connectivity index (χ1n) is 5.89. The smallest absolute Gasteiger partial charge is 0.504 e. The molecule has 0 radical (unpaired) electrons. The van der Waals surface area contributed by atoms with Gasteiger partial charge in [-0.2, -0.15) is 8.78 Å². The van der Waals surface area contributed by atoms with Crippen LogP contribution in [0.25, 0.3) is 0 Å². The van der Waals surface area contributed by atoms with E-state index in [9.17, 15) is 31.9 Å². The summed E-state index contributed by atoms with van der Waals surface area (Å²) >= 11 is 0. The maximum atomic E-state index is 13.8. The molecule has 0 spiro atoms. The van der Waals surface area contributed by atoms with Gasteiger partial charge >= 0.3 is 18.3 Å². The van der Waals surface area contributed by atoms with Crippen LogP contribution >= 0.6 is 12.4 Å². The van der Waals surface area contributed by atoms with Crippen molar-refractivity contribution in [2.45, 2.75) is 25.3 Å². The van der Waals surface area contributed by atoms with E-state index >= 15 is 0 Å². The van der Waals surface area contributed by atoms with Crippen LogP contribution in [0.4, 0.5) is 22.0 Å². The lowest BCUT2D eigenvalue weighted by Crippen LogP contribution is -2.41. The molecule has 5 nitrogen and oxygen atoms in total. The topological polar surface area (TPSA) is 81.8 Å². The molecule has 1 rings (SSSR count). The first-order chi connectivity index (χ1) is 10.0. The van der Waals surface area contributed by atoms with E-state index in [1.807, 2.05) is 0 Å². The second kappa shape index (κ2) is 7.64. The number of para-hydroxylation sites is 1. The Morgan fingerprint density at radius 3 is 2.35 bits per heavy atom. The molecular formula is C12H13ClF5NO4. The van der Waals surface area contributed by atoms with Gasteiger partial charge in [-0.3, -0.25) is 0 Å². The van der Waals surface area contributed by atoms with Crippen molar-refractivity contribution in [2.24, 2.45) is 5.73 Å². The zero-order chi connectivity index (χ0) is 17.1. The standard InChI is InChI=1S/C12H12F5NO4.ClH/c1-2-21-10(20)11(13,14)9(18)6-4-3-5-7(8(6)19)22-12(15,16)17;/h3-5,9,19H,2,18H2,1H3;1H/t9-;/m0./s1. The van der Waals surface area contributed by atoms with Crippen LogP contribution < -0.4 is 10.5 Å². The number of carbonyl (C=O) groups excluding carboxylic acids is 1. The number of alkyl halides is 5. The highest BCUT2D eigenvalue weighted by Crippen LogP contribution is 2.40. The molecule has 0 aliphatic carbocycles. The summed E-state index contributed by atoms with van der Waals surface area (Å²) in [6.07, 6.45) is -5.14. The molecule has 3 N–H and O–H groups in total. The minimum atomic E-state index is -5.14. The Labute approximate surface area is 133 Å². The third-order valence-electron chi connectivity index (χ3n) is 2.53. The highest BCUT2D eigenvalue weighted by molar-refractivity contribution is 5.85. The normalized spacial score (nSPS) is 13.0. The van der Waals surface area contributed by atoms with Gasteiger partial charge in [0.1, 0.15) is 6.04 Å². The molecular weight excluding hydrogens is 353 g/mol. The number of phenols is 1. The molecule has 0 aliphatic heterocycles. The van der Waals surface area contributed by atoms with E-state index in [1.165, 1.54) is 6.92 Å². The summed E-state index contributed by atoms with van der Waals surface area (Å²) in [5.41, 5.74) is 4.40. The molecule has 0 bridgehead atoms. The molecule has 0 saturated heterocycles. The third-order valence-corrected chi connectivity index (χ3v) is 2.53. The first kappa shape index (κ1) is 21.2. The van der Waals surface area contributed by atoms with Crippen molar-refractivity contribution in [1.82, 2.24) is 0 Å². The summed E-state index contributed by atoms with van der Waals surface area (Å²) in [6, 6.07) is 0.0538. The highest BCUT2D eigenvalue weighted by atomic mass is 35.5. The molecule has 0 aliphatic rings. The van der Waals surface area contributed by atoms with Gasteiger partial charge < -0.3 is 20.3 Å². The van der Waals surface area contributed by atoms with Crippen molar-refractivity contribution in [1.29, 1.82) is 0 Å². The van der Waals surface area contributed by atoms with Gasteiger partial charge in [0.25, 0.3) is 0 Å². The first-order valence-corrected chi connectivity index (χ1v) is 5.89. The largest absolute Gasteiger partial charge is 0.573 e. The van der Waals surface area contributed by atoms with Crippen LogP contribution in [0.2, 0.25) is 0 Å². The number of nitrogens with two attached hydrogens (primary N) is 1. The summed E-state index contributed by atoms with van der Waals surface area (Å²) in [7, 11) is 0. The lowest BCUT2D eigenvalue weighted by molar-refractivity contribution is -0.275. The van der Waals surface area contributed by atoms with Gasteiger partial charge in [0.15, 0.2) is 11.5 Å².